The average Bonchev–Trinajstić information content (AvgIpc) is 2.75. The number of alkyl carbamates (subject to hydrolysis) is 1. The van der Waals surface area contributed by atoms with Gasteiger partial charge in [0.05, 0.1) is 0 Å². The fraction of sp³-hybridized carbons (Fsp3) is 0.348. The molecule has 0 aliphatic rings. The van der Waals surface area contributed by atoms with Gasteiger partial charge >= 0.3 is 12.1 Å². The third kappa shape index (κ3) is 10.00. The molecule has 3 N–H and O–H groups in total. The second kappa shape index (κ2) is 13.3. The number of hydrogen-bond acceptors (Lipinski definition) is 4. The third-order valence-corrected chi connectivity index (χ3v) is 4.76. The number of carbonyl (C=O) groups is 3. The molecule has 0 heterocycles. The Morgan fingerprint density at radius 3 is 2.42 bits per heavy atom. The Morgan fingerprint density at radius 1 is 0.968 bits per heavy atom. The topological polar surface area (TPSA) is 105 Å². The highest BCUT2D eigenvalue weighted by molar-refractivity contribution is 6.30. The van der Waals surface area contributed by atoms with E-state index in [4.69, 9.17) is 16.3 Å². The molecule has 0 aliphatic heterocycles. The highest BCUT2D eigenvalue weighted by Crippen LogP contribution is 2.12. The highest BCUT2D eigenvalue weighted by Gasteiger charge is 2.20. The molecular weight excluding hydrogens is 420 g/mol. The molecule has 0 bridgehead atoms. The van der Waals surface area contributed by atoms with E-state index >= 15 is 0 Å². The lowest BCUT2D eigenvalue weighted by atomic mass is 10.1. The van der Waals surface area contributed by atoms with Gasteiger partial charge in [-0.1, -0.05) is 60.5 Å². The minimum Gasteiger partial charge on any atom is -0.480 e. The van der Waals surface area contributed by atoms with Gasteiger partial charge in [0.15, 0.2) is 0 Å². The zero-order valence-electron chi connectivity index (χ0n) is 17.2. The summed E-state index contributed by atoms with van der Waals surface area (Å²) in [4.78, 5) is 35.2. The zero-order chi connectivity index (χ0) is 22.5. The summed E-state index contributed by atoms with van der Waals surface area (Å²) in [6.45, 7) is 0.661. The van der Waals surface area contributed by atoms with E-state index < -0.39 is 18.1 Å². The molecule has 31 heavy (non-hydrogen) atoms. The predicted molar refractivity (Wildman–Crippen MR) is 118 cm³/mol. The normalized spacial score (nSPS) is 11.4. The van der Waals surface area contributed by atoms with E-state index in [-0.39, 0.29) is 25.4 Å². The smallest absolute Gasteiger partial charge is 0.407 e. The number of halogens is 1. The molecule has 1 atom stereocenters. The Kier molecular flexibility index (Phi) is 10.4. The van der Waals surface area contributed by atoms with Crippen LogP contribution in [0.25, 0.3) is 0 Å². The maximum absolute atomic E-state index is 12.1. The first-order valence-corrected chi connectivity index (χ1v) is 10.5. The molecule has 0 radical (unpaired) electrons. The van der Waals surface area contributed by atoms with Crippen LogP contribution in [0.5, 0.6) is 0 Å². The SMILES string of the molecule is O=C(CCCCCNC(=O)OCc1ccccc1)N[C@@H](Cc1cccc(Cl)c1)C(=O)O. The minimum absolute atomic E-state index is 0.163. The molecule has 0 saturated heterocycles. The van der Waals surface area contributed by atoms with E-state index in [0.717, 1.165) is 17.5 Å². The Labute approximate surface area is 186 Å². The molecule has 0 saturated carbocycles. The lowest BCUT2D eigenvalue weighted by molar-refractivity contribution is -0.141. The molecule has 2 aromatic rings. The number of amides is 2. The van der Waals surface area contributed by atoms with Crippen molar-refractivity contribution >= 4 is 29.6 Å². The molecule has 0 unspecified atom stereocenters. The van der Waals surface area contributed by atoms with Gasteiger partial charge in [0.25, 0.3) is 0 Å². The van der Waals surface area contributed by atoms with Crippen LogP contribution in [0.15, 0.2) is 54.6 Å². The summed E-state index contributed by atoms with van der Waals surface area (Å²) in [5.74, 6) is -1.41. The van der Waals surface area contributed by atoms with E-state index in [1.165, 1.54) is 0 Å². The molecule has 0 spiro atoms. The number of unbranched alkanes of at least 4 members (excludes halogenated alkanes) is 2. The summed E-state index contributed by atoms with van der Waals surface area (Å²) >= 11 is 5.92. The monoisotopic (exact) mass is 446 g/mol. The summed E-state index contributed by atoms with van der Waals surface area (Å²) in [7, 11) is 0. The van der Waals surface area contributed by atoms with Gasteiger partial charge in [0.1, 0.15) is 12.6 Å². The number of carboxylic acid groups (broad SMARTS) is 1. The van der Waals surface area contributed by atoms with Crippen LogP contribution in [-0.4, -0.2) is 35.7 Å². The second-order valence-electron chi connectivity index (χ2n) is 7.09. The van der Waals surface area contributed by atoms with Crippen LogP contribution >= 0.6 is 11.6 Å². The molecule has 2 amide bonds. The number of nitrogens with one attached hydrogen (secondary N) is 2. The van der Waals surface area contributed by atoms with Crippen molar-refractivity contribution in [2.24, 2.45) is 0 Å². The summed E-state index contributed by atoms with van der Waals surface area (Å²) in [6.07, 6.45) is 1.91. The molecule has 0 aromatic heterocycles. The first-order chi connectivity index (χ1) is 14.9. The van der Waals surface area contributed by atoms with Gasteiger partial charge in [0, 0.05) is 24.4 Å². The van der Waals surface area contributed by atoms with Crippen LogP contribution in [0, 0.1) is 0 Å². The molecule has 7 nitrogen and oxygen atoms in total. The van der Waals surface area contributed by atoms with Crippen LogP contribution < -0.4 is 10.6 Å². The highest BCUT2D eigenvalue weighted by atomic mass is 35.5. The van der Waals surface area contributed by atoms with Crippen molar-refractivity contribution in [3.8, 4) is 0 Å². The fourth-order valence-corrected chi connectivity index (χ4v) is 3.13. The van der Waals surface area contributed by atoms with Crippen molar-refractivity contribution in [2.45, 2.75) is 44.8 Å². The van der Waals surface area contributed by atoms with Crippen LogP contribution in [-0.2, 0) is 27.4 Å². The first kappa shape index (κ1) is 24.2. The van der Waals surface area contributed by atoms with Gasteiger partial charge in [0.2, 0.25) is 5.91 Å². The summed E-state index contributed by atoms with van der Waals surface area (Å²) < 4.78 is 5.12. The van der Waals surface area contributed by atoms with Crippen molar-refractivity contribution in [3.63, 3.8) is 0 Å². The number of benzene rings is 2. The van der Waals surface area contributed by atoms with Crippen molar-refractivity contribution < 1.29 is 24.2 Å². The van der Waals surface area contributed by atoms with E-state index in [2.05, 4.69) is 10.6 Å². The van der Waals surface area contributed by atoms with Gasteiger partial charge < -0.3 is 20.5 Å². The average molecular weight is 447 g/mol. The molecule has 166 valence electrons. The van der Waals surface area contributed by atoms with E-state index in [1.54, 1.807) is 24.3 Å². The Balaban J connectivity index is 1.58. The van der Waals surface area contributed by atoms with E-state index in [0.29, 0.717) is 24.4 Å². The van der Waals surface area contributed by atoms with Crippen molar-refractivity contribution in [1.29, 1.82) is 0 Å². The third-order valence-electron chi connectivity index (χ3n) is 4.52. The summed E-state index contributed by atoms with van der Waals surface area (Å²) in [5, 5.41) is 15.1. The van der Waals surface area contributed by atoms with Crippen molar-refractivity contribution in [2.75, 3.05) is 6.54 Å². The van der Waals surface area contributed by atoms with Crippen molar-refractivity contribution in [3.05, 3.63) is 70.7 Å². The summed E-state index contributed by atoms with van der Waals surface area (Å²) in [5.41, 5.74) is 1.66. The zero-order valence-corrected chi connectivity index (χ0v) is 17.9. The lowest BCUT2D eigenvalue weighted by Gasteiger charge is -2.15. The second-order valence-corrected chi connectivity index (χ2v) is 7.53. The maximum Gasteiger partial charge on any atom is 0.407 e. The van der Waals surface area contributed by atoms with Gasteiger partial charge in [-0.15, -0.1) is 0 Å². The predicted octanol–water partition coefficient (Wildman–Crippen LogP) is 3.94. The minimum atomic E-state index is -1.09. The Morgan fingerprint density at radius 2 is 1.71 bits per heavy atom. The molecule has 2 rings (SSSR count). The van der Waals surface area contributed by atoms with Gasteiger partial charge in [-0.25, -0.2) is 9.59 Å². The molecular formula is C23H27ClN2O5. The van der Waals surface area contributed by atoms with Crippen LogP contribution in [0.4, 0.5) is 4.79 Å². The number of hydrogen-bond donors (Lipinski definition) is 3. The molecule has 0 fully saturated rings. The summed E-state index contributed by atoms with van der Waals surface area (Å²) in [6, 6.07) is 15.3. The number of carboxylic acids is 1. The molecule has 0 aliphatic carbocycles. The first-order valence-electron chi connectivity index (χ1n) is 10.1. The van der Waals surface area contributed by atoms with Gasteiger partial charge in [-0.3, -0.25) is 4.79 Å². The molecule has 2 aromatic carbocycles. The van der Waals surface area contributed by atoms with Crippen LogP contribution in [0.2, 0.25) is 5.02 Å². The van der Waals surface area contributed by atoms with Gasteiger partial charge in [-0.05, 0) is 36.1 Å². The number of carbonyl (C=O) groups excluding carboxylic acids is 2. The van der Waals surface area contributed by atoms with Crippen LogP contribution in [0.3, 0.4) is 0 Å². The Hall–Kier alpha value is -3.06. The largest absolute Gasteiger partial charge is 0.480 e. The number of ether oxygens (including phenoxy) is 1. The Bertz CT molecular complexity index is 860. The van der Waals surface area contributed by atoms with E-state index in [9.17, 15) is 19.5 Å². The number of aliphatic carboxylic acids is 1. The van der Waals surface area contributed by atoms with Crippen LogP contribution in [0.1, 0.15) is 36.8 Å². The number of rotatable bonds is 12. The van der Waals surface area contributed by atoms with E-state index in [1.807, 2.05) is 30.3 Å². The maximum atomic E-state index is 12.1. The molecule has 8 heteroatoms. The van der Waals surface area contributed by atoms with Gasteiger partial charge in [-0.2, -0.15) is 0 Å². The quantitative estimate of drug-likeness (QED) is 0.428. The fourth-order valence-electron chi connectivity index (χ4n) is 2.92. The standard InChI is InChI=1S/C23H27ClN2O5/c24-19-11-7-10-18(14-19)15-20(22(28)29)26-21(27)12-5-2-6-13-25-23(30)31-16-17-8-3-1-4-9-17/h1,3-4,7-11,14,20H,2,5-6,12-13,15-16H2,(H,25,30)(H,26,27)(H,28,29)/t20-/m0/s1. The lowest BCUT2D eigenvalue weighted by Crippen LogP contribution is -2.42. The van der Waals surface area contributed by atoms with Crippen molar-refractivity contribution in [1.82, 2.24) is 10.6 Å².